The zero-order chi connectivity index (χ0) is 51.8. The Morgan fingerprint density at radius 3 is 1.96 bits per heavy atom. The molecule has 18 heteroatoms. The molecule has 7 rings (SSSR count). The average molecular weight is 1040 g/mol. The van der Waals surface area contributed by atoms with E-state index in [1.54, 1.807) is 49.4 Å². The molecule has 0 aliphatic carbocycles. The van der Waals surface area contributed by atoms with Crippen LogP contribution in [0.25, 0.3) is 11.2 Å². The number of imidazole rings is 1. The van der Waals surface area contributed by atoms with Gasteiger partial charge in [0.15, 0.2) is 37.8 Å². The van der Waals surface area contributed by atoms with Crippen molar-refractivity contribution in [2.75, 3.05) is 27.4 Å². The quantitative estimate of drug-likeness (QED) is 0.0158. The summed E-state index contributed by atoms with van der Waals surface area (Å²) in [5.41, 5.74) is 2.37. The van der Waals surface area contributed by atoms with Gasteiger partial charge in [0, 0.05) is 12.1 Å². The third-order valence-corrected chi connectivity index (χ3v) is 19.9. The molecule has 0 radical (unpaired) electrons. The normalized spacial score (nSPS) is 17.9. The molecule has 72 heavy (non-hydrogen) atoms. The summed E-state index contributed by atoms with van der Waals surface area (Å²) in [5.74, 6) is 1.01. The third kappa shape index (κ3) is 12.0. The highest BCUT2D eigenvalue weighted by atomic mass is 35.5. The van der Waals surface area contributed by atoms with E-state index in [0.717, 1.165) is 16.7 Å². The molecule has 6 aromatic rings. The van der Waals surface area contributed by atoms with Gasteiger partial charge in [0.25, 0.3) is 8.53 Å². The van der Waals surface area contributed by atoms with Crippen molar-refractivity contribution in [3.63, 3.8) is 0 Å². The van der Waals surface area contributed by atoms with Crippen molar-refractivity contribution in [2.45, 2.75) is 122 Å². The number of rotatable bonds is 22. The molecule has 0 bridgehead atoms. The van der Waals surface area contributed by atoms with E-state index in [0.29, 0.717) is 28.2 Å². The van der Waals surface area contributed by atoms with E-state index < -0.39 is 53.0 Å². The number of esters is 1. The molecular weight excluding hydrogens is 971 g/mol. The van der Waals surface area contributed by atoms with Gasteiger partial charge in [-0.2, -0.15) is 5.26 Å². The first-order chi connectivity index (χ1) is 34.4. The van der Waals surface area contributed by atoms with Crippen molar-refractivity contribution in [3.05, 3.63) is 149 Å². The number of fused-ring (bicyclic) bond motifs is 1. The van der Waals surface area contributed by atoms with E-state index in [9.17, 15) is 10.1 Å². The molecule has 0 saturated carbocycles. The number of aromatic nitrogens is 4. The van der Waals surface area contributed by atoms with Gasteiger partial charge in [-0.3, -0.25) is 4.57 Å². The minimum atomic E-state index is -2.68. The first-order valence-electron chi connectivity index (χ1n) is 24.1. The molecule has 4 aromatic carbocycles. The summed E-state index contributed by atoms with van der Waals surface area (Å²) in [4.78, 5) is 27.2. The van der Waals surface area contributed by atoms with Crippen molar-refractivity contribution in [2.24, 2.45) is 0 Å². The summed E-state index contributed by atoms with van der Waals surface area (Å²) in [6, 6.07) is 36.7. The zero-order valence-corrected chi connectivity index (χ0v) is 45.6. The number of nitrogens with zero attached hydrogens (tertiary/aromatic N) is 6. The molecule has 1 aliphatic rings. The van der Waals surface area contributed by atoms with Crippen LogP contribution in [0.1, 0.15) is 94.0 Å². The largest absolute Gasteiger partial charge is 0.497 e. The smallest absolute Gasteiger partial charge is 0.338 e. The van der Waals surface area contributed by atoms with Crippen LogP contribution in [-0.4, -0.2) is 96.3 Å². The van der Waals surface area contributed by atoms with E-state index in [4.69, 9.17) is 58.7 Å². The van der Waals surface area contributed by atoms with E-state index in [2.05, 4.69) is 89.4 Å². The summed E-state index contributed by atoms with van der Waals surface area (Å²) in [7, 11) is -1.26. The fraction of sp³-hybridized carbons (Fsp3) is 0.426. The Balaban J connectivity index is 1.40. The minimum absolute atomic E-state index is 0.00303. The highest BCUT2D eigenvalue weighted by Gasteiger charge is 2.54. The predicted octanol–water partition coefficient (Wildman–Crippen LogP) is 11.8. The molecule has 15 nitrogen and oxygen atoms in total. The molecule has 2 aromatic heterocycles. The van der Waals surface area contributed by atoms with Gasteiger partial charge in [-0.1, -0.05) is 105 Å². The van der Waals surface area contributed by atoms with Crippen LogP contribution in [0.2, 0.25) is 23.3 Å². The van der Waals surface area contributed by atoms with E-state index >= 15 is 0 Å². The van der Waals surface area contributed by atoms with E-state index in [1.807, 2.05) is 72.8 Å². The van der Waals surface area contributed by atoms with Gasteiger partial charge in [0.2, 0.25) is 0 Å². The summed E-state index contributed by atoms with van der Waals surface area (Å²) < 4.78 is 57.4. The SMILES string of the molecule is COc1ccc(C(OC[C@@H]2O[C@H](n3cnc4c(Cl)nc(COC(=O)c5ccccc5)nc43)[C@@H](OP(OCCC#N)N(C(C)C)C(C)C)[C@H]2O[Si](C)(C)C(C)(C)C)(c2ccccc2)c2ccc(OC)cc2)cc1. The highest BCUT2D eigenvalue weighted by Crippen LogP contribution is 2.53. The summed E-state index contributed by atoms with van der Waals surface area (Å²) in [6.45, 7) is 19.2. The Bertz CT molecular complexity index is 2700. The van der Waals surface area contributed by atoms with Crippen LogP contribution < -0.4 is 9.47 Å². The first kappa shape index (κ1) is 54.5. The summed E-state index contributed by atoms with van der Waals surface area (Å²) in [6.07, 6.45) is -1.67. The Labute approximate surface area is 430 Å². The maximum Gasteiger partial charge on any atom is 0.338 e. The molecule has 1 unspecified atom stereocenters. The number of hydrogen-bond donors (Lipinski definition) is 0. The van der Waals surface area contributed by atoms with Gasteiger partial charge in [-0.25, -0.2) is 24.4 Å². The lowest BCUT2D eigenvalue weighted by Gasteiger charge is -2.43. The van der Waals surface area contributed by atoms with Crippen molar-refractivity contribution in [3.8, 4) is 17.6 Å². The zero-order valence-electron chi connectivity index (χ0n) is 42.9. The van der Waals surface area contributed by atoms with Crippen molar-refractivity contribution < 1.29 is 42.0 Å². The lowest BCUT2D eigenvalue weighted by molar-refractivity contribution is -0.0928. The Morgan fingerprint density at radius 1 is 0.847 bits per heavy atom. The Hall–Kier alpha value is -5.31. The number of carbonyl (C=O) groups excluding carboxylic acids is 1. The molecule has 0 N–H and O–H groups in total. The fourth-order valence-corrected chi connectivity index (χ4v) is 11.8. The van der Waals surface area contributed by atoms with Gasteiger partial charge >= 0.3 is 5.97 Å². The maximum absolute atomic E-state index is 13.1. The van der Waals surface area contributed by atoms with Crippen molar-refractivity contribution in [1.82, 2.24) is 24.2 Å². The highest BCUT2D eigenvalue weighted by molar-refractivity contribution is 7.44. The van der Waals surface area contributed by atoms with Gasteiger partial charge in [0.05, 0.1) is 51.8 Å². The van der Waals surface area contributed by atoms with Crippen LogP contribution >= 0.6 is 20.1 Å². The third-order valence-electron chi connectivity index (χ3n) is 13.1. The predicted molar refractivity (Wildman–Crippen MR) is 280 cm³/mol. The molecule has 1 saturated heterocycles. The van der Waals surface area contributed by atoms with Gasteiger partial charge in [-0.15, -0.1) is 0 Å². The second-order valence-electron chi connectivity index (χ2n) is 19.5. The van der Waals surface area contributed by atoms with Crippen LogP contribution in [0, 0.1) is 11.3 Å². The second kappa shape index (κ2) is 23.7. The number of hydrogen-bond acceptors (Lipinski definition) is 14. The fourth-order valence-electron chi connectivity index (χ4n) is 8.48. The topological polar surface area (TPSA) is 162 Å². The molecule has 5 atom stereocenters. The lowest BCUT2D eigenvalue weighted by atomic mass is 9.80. The summed E-state index contributed by atoms with van der Waals surface area (Å²) in [5, 5.41) is 9.48. The second-order valence-corrected chi connectivity index (χ2v) is 26.1. The van der Waals surface area contributed by atoms with Crippen LogP contribution in [0.5, 0.6) is 11.5 Å². The number of ether oxygens (including phenoxy) is 5. The number of halogens is 1. The van der Waals surface area contributed by atoms with Gasteiger partial charge in [0.1, 0.15) is 40.9 Å². The van der Waals surface area contributed by atoms with Crippen LogP contribution in [0.3, 0.4) is 0 Å². The molecule has 0 spiro atoms. The Morgan fingerprint density at radius 2 is 1.42 bits per heavy atom. The minimum Gasteiger partial charge on any atom is -0.497 e. The summed E-state index contributed by atoms with van der Waals surface area (Å²) >= 11 is 6.88. The van der Waals surface area contributed by atoms with Crippen LogP contribution in [0.4, 0.5) is 0 Å². The van der Waals surface area contributed by atoms with Crippen LogP contribution in [0.15, 0.2) is 116 Å². The molecule has 3 heterocycles. The number of benzene rings is 4. The number of methoxy groups -OCH3 is 2. The average Bonchev–Trinajstić information content (AvgIpc) is 3.94. The van der Waals surface area contributed by atoms with Crippen LogP contribution in [-0.2, 0) is 39.9 Å². The van der Waals surface area contributed by atoms with E-state index in [-0.39, 0.29) is 54.3 Å². The molecule has 1 aliphatic heterocycles. The van der Waals surface area contributed by atoms with Gasteiger partial charge < -0.3 is 37.2 Å². The first-order valence-corrected chi connectivity index (χ1v) is 28.5. The standard InChI is InChI=1S/C54H66ClN6O9PSi/c1-36(2)61(37(3)4)71(67-32-18-31-56)69-48-47(70-72(10,11)53(5,6)7)44(68-51(48)60-35-57-46-49(55)58-45(59-50(46)60)34-65-52(62)38-19-14-12-15-20-38)33-66-54(39-21-16-13-17-22-39,40-23-27-42(63-8)28-24-40)41-25-29-43(64-9)30-26-41/h12-17,19-30,35-37,44,47-48,51H,18,32-34H2,1-11H3/t44-,47-,48-,51-,71?/m0/s1. The van der Waals surface area contributed by atoms with Crippen molar-refractivity contribution >= 4 is 45.6 Å². The van der Waals surface area contributed by atoms with Crippen molar-refractivity contribution in [1.29, 1.82) is 5.26 Å². The molecule has 382 valence electrons. The maximum atomic E-state index is 13.1. The number of carbonyl (C=O) groups is 1. The van der Waals surface area contributed by atoms with E-state index in [1.165, 1.54) is 0 Å². The molecule has 1 fully saturated rings. The molecule has 0 amide bonds. The number of nitriles is 1. The monoisotopic (exact) mass is 1040 g/mol. The Kier molecular flexibility index (Phi) is 17.9. The lowest BCUT2D eigenvalue weighted by Crippen LogP contribution is -2.51. The molecular formula is C54H66ClN6O9PSi. The van der Waals surface area contributed by atoms with Gasteiger partial charge in [-0.05, 0) is 98.9 Å².